The fourth-order valence-corrected chi connectivity index (χ4v) is 1.44. The number of carboxylic acid groups (broad SMARTS) is 1. The predicted octanol–water partition coefficient (Wildman–Crippen LogP) is 1.30. The number of aliphatic carboxylic acids is 1. The van der Waals surface area contributed by atoms with Crippen LogP contribution in [0.2, 0.25) is 0 Å². The maximum absolute atomic E-state index is 10.7. The smallest absolute Gasteiger partial charge is 0.307 e. The van der Waals surface area contributed by atoms with Gasteiger partial charge in [-0.1, -0.05) is 0 Å². The molecule has 0 aromatic heterocycles. The molecule has 0 atom stereocenters. The minimum atomic E-state index is -0.934. The van der Waals surface area contributed by atoms with Crippen molar-refractivity contribution in [2.24, 2.45) is 0 Å². The van der Waals surface area contributed by atoms with Gasteiger partial charge in [-0.2, -0.15) is 0 Å². The van der Waals surface area contributed by atoms with Crippen molar-refractivity contribution < 1.29 is 24.2 Å². The van der Waals surface area contributed by atoms with Gasteiger partial charge in [0, 0.05) is 6.07 Å². The third-order valence-electron chi connectivity index (χ3n) is 2.16. The molecule has 0 heterocycles. The first-order valence-electron chi connectivity index (χ1n) is 4.88. The molecule has 1 aromatic carbocycles. The molecule has 0 saturated carbocycles. The Hall–Kier alpha value is -1.95. The van der Waals surface area contributed by atoms with Gasteiger partial charge in [-0.15, -0.1) is 0 Å². The number of carboxylic acids is 1. The van der Waals surface area contributed by atoms with Gasteiger partial charge in [0.15, 0.2) is 11.5 Å². The van der Waals surface area contributed by atoms with E-state index >= 15 is 0 Å². The number of methoxy groups -OCH3 is 2. The number of carbonyl (C=O) groups is 1. The lowest BCUT2D eigenvalue weighted by Crippen LogP contribution is -2.06. The quantitative estimate of drug-likeness (QED) is 0.731. The number of hydrogen-bond donors (Lipinski definition) is 2. The zero-order valence-electron chi connectivity index (χ0n) is 9.94. The molecule has 0 saturated heterocycles. The van der Waals surface area contributed by atoms with E-state index in [1.807, 2.05) is 0 Å². The molecular formula is C11H15NO5. The first-order chi connectivity index (χ1) is 8.12. The van der Waals surface area contributed by atoms with Crippen molar-refractivity contribution >= 4 is 11.7 Å². The van der Waals surface area contributed by atoms with Crippen LogP contribution in [0.1, 0.15) is 5.56 Å². The van der Waals surface area contributed by atoms with E-state index in [9.17, 15) is 4.79 Å². The van der Waals surface area contributed by atoms with Crippen LogP contribution in [-0.4, -0.2) is 32.4 Å². The summed E-state index contributed by atoms with van der Waals surface area (Å²) in [6.45, 7) is 0. The Kier molecular flexibility index (Phi) is 4.59. The fourth-order valence-electron chi connectivity index (χ4n) is 1.44. The van der Waals surface area contributed by atoms with E-state index in [0.717, 1.165) is 0 Å². The van der Waals surface area contributed by atoms with E-state index in [4.69, 9.17) is 19.4 Å². The second-order valence-electron chi connectivity index (χ2n) is 3.24. The molecule has 17 heavy (non-hydrogen) atoms. The second-order valence-corrected chi connectivity index (χ2v) is 3.24. The highest BCUT2D eigenvalue weighted by atomic mass is 16.6. The lowest BCUT2D eigenvalue weighted by Gasteiger charge is -2.14. The van der Waals surface area contributed by atoms with Crippen LogP contribution in [0.5, 0.6) is 11.5 Å². The van der Waals surface area contributed by atoms with Gasteiger partial charge in [-0.3, -0.25) is 15.1 Å². The van der Waals surface area contributed by atoms with Crippen LogP contribution >= 0.6 is 0 Å². The Morgan fingerprint density at radius 1 is 1.24 bits per heavy atom. The highest BCUT2D eigenvalue weighted by molar-refractivity contribution is 5.74. The van der Waals surface area contributed by atoms with Gasteiger partial charge in [0.05, 0.1) is 33.4 Å². The molecule has 0 fully saturated rings. The highest BCUT2D eigenvalue weighted by Crippen LogP contribution is 2.33. The largest absolute Gasteiger partial charge is 0.493 e. The number of hydrogen-bond acceptors (Lipinski definition) is 5. The summed E-state index contributed by atoms with van der Waals surface area (Å²) in [4.78, 5) is 15.5. The standard InChI is InChI=1S/C11H15NO5/c1-15-9-4-7(5-11(13)14)8(12-17-3)6-10(9)16-2/h4,6,12H,5H2,1-3H3,(H,13,14). The van der Waals surface area contributed by atoms with Crippen molar-refractivity contribution in [3.05, 3.63) is 17.7 Å². The topological polar surface area (TPSA) is 77.0 Å². The number of nitrogens with one attached hydrogen (secondary N) is 1. The van der Waals surface area contributed by atoms with Gasteiger partial charge in [-0.25, -0.2) is 0 Å². The minimum Gasteiger partial charge on any atom is -0.493 e. The van der Waals surface area contributed by atoms with Crippen LogP contribution < -0.4 is 15.0 Å². The molecule has 6 heteroatoms. The third kappa shape index (κ3) is 3.25. The molecular weight excluding hydrogens is 226 g/mol. The van der Waals surface area contributed by atoms with E-state index in [0.29, 0.717) is 22.7 Å². The van der Waals surface area contributed by atoms with Crippen molar-refractivity contribution in [2.45, 2.75) is 6.42 Å². The number of benzene rings is 1. The van der Waals surface area contributed by atoms with Crippen molar-refractivity contribution in [2.75, 3.05) is 26.8 Å². The van der Waals surface area contributed by atoms with Gasteiger partial charge in [0.1, 0.15) is 0 Å². The van der Waals surface area contributed by atoms with E-state index < -0.39 is 5.97 Å². The Morgan fingerprint density at radius 2 is 1.82 bits per heavy atom. The van der Waals surface area contributed by atoms with Crippen LogP contribution in [0.4, 0.5) is 5.69 Å². The Balaban J connectivity index is 3.19. The Labute approximate surface area is 99.1 Å². The average molecular weight is 241 g/mol. The number of anilines is 1. The zero-order valence-corrected chi connectivity index (χ0v) is 9.94. The summed E-state index contributed by atoms with van der Waals surface area (Å²) in [5.41, 5.74) is 3.70. The molecule has 0 unspecified atom stereocenters. The van der Waals surface area contributed by atoms with Gasteiger partial charge >= 0.3 is 5.97 Å². The summed E-state index contributed by atoms with van der Waals surface area (Å²) in [6, 6.07) is 3.23. The second kappa shape index (κ2) is 5.95. The average Bonchev–Trinajstić information content (AvgIpc) is 2.30. The molecule has 1 rings (SSSR count). The molecule has 0 aliphatic heterocycles. The summed E-state index contributed by atoms with van der Waals surface area (Å²) in [5.74, 6) is 0.0444. The Bertz CT molecular complexity index is 405. The maximum atomic E-state index is 10.7. The molecule has 94 valence electrons. The van der Waals surface area contributed by atoms with Crippen LogP contribution in [0, 0.1) is 0 Å². The molecule has 0 spiro atoms. The van der Waals surface area contributed by atoms with E-state index in [1.165, 1.54) is 21.3 Å². The van der Waals surface area contributed by atoms with Crippen LogP contribution in [-0.2, 0) is 16.1 Å². The predicted molar refractivity (Wildman–Crippen MR) is 61.5 cm³/mol. The monoisotopic (exact) mass is 241 g/mol. The summed E-state index contributed by atoms with van der Waals surface area (Å²) in [5, 5.41) is 8.81. The fraction of sp³-hybridized carbons (Fsp3) is 0.364. The molecule has 0 amide bonds. The lowest BCUT2D eigenvalue weighted by molar-refractivity contribution is -0.136. The normalized spacial score (nSPS) is 9.82. The summed E-state index contributed by atoms with van der Waals surface area (Å²) < 4.78 is 10.2. The van der Waals surface area contributed by atoms with Gasteiger partial charge in [-0.05, 0) is 11.6 Å². The SMILES string of the molecule is CONc1cc(OC)c(OC)cc1CC(=O)O. The van der Waals surface area contributed by atoms with E-state index in [-0.39, 0.29) is 6.42 Å². The summed E-state index contributed by atoms with van der Waals surface area (Å²) in [7, 11) is 4.44. The first-order valence-corrected chi connectivity index (χ1v) is 4.88. The van der Waals surface area contributed by atoms with Crippen LogP contribution in [0.15, 0.2) is 12.1 Å². The Morgan fingerprint density at radius 3 is 2.29 bits per heavy atom. The molecule has 1 aromatic rings. The summed E-state index contributed by atoms with van der Waals surface area (Å²) >= 11 is 0. The van der Waals surface area contributed by atoms with Crippen LogP contribution in [0.25, 0.3) is 0 Å². The van der Waals surface area contributed by atoms with Crippen molar-refractivity contribution in [1.82, 2.24) is 0 Å². The third-order valence-corrected chi connectivity index (χ3v) is 2.16. The summed E-state index contributed by atoms with van der Waals surface area (Å²) in [6.07, 6.45) is -0.133. The maximum Gasteiger partial charge on any atom is 0.307 e. The van der Waals surface area contributed by atoms with Gasteiger partial charge in [0.2, 0.25) is 0 Å². The minimum absolute atomic E-state index is 0.133. The van der Waals surface area contributed by atoms with Gasteiger partial charge in [0.25, 0.3) is 0 Å². The number of rotatable bonds is 6. The molecule has 0 aliphatic rings. The van der Waals surface area contributed by atoms with Crippen molar-refractivity contribution in [3.8, 4) is 11.5 Å². The first kappa shape index (κ1) is 13.1. The molecule has 2 N–H and O–H groups in total. The number of ether oxygens (including phenoxy) is 2. The molecule has 0 aliphatic carbocycles. The molecule has 0 bridgehead atoms. The van der Waals surface area contributed by atoms with Gasteiger partial charge < -0.3 is 14.6 Å². The zero-order chi connectivity index (χ0) is 12.8. The molecule has 6 nitrogen and oxygen atoms in total. The lowest BCUT2D eigenvalue weighted by atomic mass is 10.1. The highest BCUT2D eigenvalue weighted by Gasteiger charge is 2.13. The van der Waals surface area contributed by atoms with Crippen molar-refractivity contribution in [3.63, 3.8) is 0 Å². The van der Waals surface area contributed by atoms with E-state index in [1.54, 1.807) is 12.1 Å². The van der Waals surface area contributed by atoms with Crippen molar-refractivity contribution in [1.29, 1.82) is 0 Å². The van der Waals surface area contributed by atoms with Crippen LogP contribution in [0.3, 0.4) is 0 Å². The van der Waals surface area contributed by atoms with E-state index in [2.05, 4.69) is 5.48 Å². The molecule has 0 radical (unpaired) electrons.